The second-order valence-corrected chi connectivity index (χ2v) is 8.04. The highest BCUT2D eigenvalue weighted by molar-refractivity contribution is 6.04. The highest BCUT2D eigenvalue weighted by Crippen LogP contribution is 2.33. The minimum Gasteiger partial charge on any atom is -0.488 e. The van der Waals surface area contributed by atoms with Gasteiger partial charge in [0.05, 0.1) is 24.4 Å². The van der Waals surface area contributed by atoms with Crippen LogP contribution in [0.5, 0.6) is 5.75 Å². The first-order valence-corrected chi connectivity index (χ1v) is 11.3. The van der Waals surface area contributed by atoms with Gasteiger partial charge in [0.1, 0.15) is 17.4 Å². The molecule has 1 aliphatic heterocycles. The molecule has 2 aromatic heterocycles. The zero-order valence-electron chi connectivity index (χ0n) is 19.1. The quantitative estimate of drug-likeness (QED) is 0.532. The molecular formula is C23H29N5O5. The average molecular weight is 456 g/mol. The first-order chi connectivity index (χ1) is 15.9. The molecule has 0 bridgehead atoms. The van der Waals surface area contributed by atoms with Crippen molar-refractivity contribution in [1.82, 2.24) is 14.5 Å². The molecule has 3 aromatic rings. The predicted molar refractivity (Wildman–Crippen MR) is 122 cm³/mol. The van der Waals surface area contributed by atoms with E-state index in [1.807, 2.05) is 18.4 Å². The van der Waals surface area contributed by atoms with Gasteiger partial charge in [-0.25, -0.2) is 9.97 Å². The number of oxazole rings is 1. The number of nitrogens with one attached hydrogen (secondary N) is 1. The summed E-state index contributed by atoms with van der Waals surface area (Å²) in [5, 5.41) is 2.86. The summed E-state index contributed by atoms with van der Waals surface area (Å²) in [6.07, 6.45) is 2.81. The van der Waals surface area contributed by atoms with Crippen molar-refractivity contribution in [2.45, 2.75) is 59.1 Å². The van der Waals surface area contributed by atoms with Gasteiger partial charge in [0, 0.05) is 31.9 Å². The van der Waals surface area contributed by atoms with Crippen LogP contribution in [0.25, 0.3) is 11.0 Å². The van der Waals surface area contributed by atoms with E-state index in [9.17, 15) is 9.59 Å². The maximum atomic E-state index is 13.0. The summed E-state index contributed by atoms with van der Waals surface area (Å²) in [6, 6.07) is 3.26. The number of fused-ring (bicyclic) bond motifs is 1. The van der Waals surface area contributed by atoms with Crippen molar-refractivity contribution in [1.29, 1.82) is 0 Å². The lowest BCUT2D eigenvalue weighted by atomic mass is 10.1. The Morgan fingerprint density at radius 2 is 2.00 bits per heavy atom. The van der Waals surface area contributed by atoms with E-state index < -0.39 is 11.8 Å². The van der Waals surface area contributed by atoms with Gasteiger partial charge in [0.25, 0.3) is 5.91 Å². The maximum Gasteiger partial charge on any atom is 0.295 e. The van der Waals surface area contributed by atoms with Crippen LogP contribution in [0.2, 0.25) is 0 Å². The molecule has 2 amide bonds. The van der Waals surface area contributed by atoms with Crippen LogP contribution >= 0.6 is 0 Å². The highest BCUT2D eigenvalue weighted by atomic mass is 16.5. The van der Waals surface area contributed by atoms with Gasteiger partial charge >= 0.3 is 0 Å². The molecule has 0 spiro atoms. The molecule has 3 heterocycles. The summed E-state index contributed by atoms with van der Waals surface area (Å²) in [7, 11) is 0. The van der Waals surface area contributed by atoms with E-state index in [1.165, 1.54) is 0 Å². The molecule has 0 atom stereocenters. The number of nitrogens with zero attached hydrogens (tertiary/aromatic N) is 3. The minimum absolute atomic E-state index is 0.0441. The molecule has 0 saturated carbocycles. The summed E-state index contributed by atoms with van der Waals surface area (Å²) in [4.78, 5) is 33.8. The lowest BCUT2D eigenvalue weighted by molar-refractivity contribution is 0.0260. The van der Waals surface area contributed by atoms with Crippen molar-refractivity contribution in [2.24, 2.45) is 5.73 Å². The van der Waals surface area contributed by atoms with Gasteiger partial charge in [-0.15, -0.1) is 0 Å². The number of hydrogen-bond donors (Lipinski definition) is 2. The smallest absolute Gasteiger partial charge is 0.295 e. The Morgan fingerprint density at radius 3 is 2.67 bits per heavy atom. The lowest BCUT2D eigenvalue weighted by Gasteiger charge is -2.24. The fraction of sp³-hybridized carbons (Fsp3) is 0.478. The van der Waals surface area contributed by atoms with Crippen LogP contribution in [0.1, 0.15) is 65.6 Å². The number of hydrogen-bond acceptors (Lipinski definition) is 7. The zero-order chi connectivity index (χ0) is 23.5. The third-order valence-electron chi connectivity index (χ3n) is 5.57. The fourth-order valence-corrected chi connectivity index (χ4v) is 4.02. The van der Waals surface area contributed by atoms with E-state index >= 15 is 0 Å². The molecular weight excluding hydrogens is 426 g/mol. The van der Waals surface area contributed by atoms with Crippen LogP contribution in [-0.4, -0.2) is 45.7 Å². The van der Waals surface area contributed by atoms with E-state index in [4.69, 9.17) is 19.6 Å². The van der Waals surface area contributed by atoms with Crippen LogP contribution in [-0.2, 0) is 17.7 Å². The number of imidazole rings is 1. The molecule has 1 fully saturated rings. The monoisotopic (exact) mass is 455 g/mol. The largest absolute Gasteiger partial charge is 0.488 e. The maximum absolute atomic E-state index is 13.0. The topological polar surface area (TPSA) is 134 Å². The summed E-state index contributed by atoms with van der Waals surface area (Å²) in [5.74, 6) is 0.445. The van der Waals surface area contributed by atoms with Crippen LogP contribution in [0.4, 0.5) is 5.95 Å². The van der Waals surface area contributed by atoms with Crippen LogP contribution in [0.3, 0.4) is 0 Å². The molecule has 3 N–H and O–H groups in total. The SMILES string of the molecule is CCCn1c(NC(=O)c2oc(C)nc2CC)nc2cc(C(N)=O)cc(OC3CCOCC3)c21. The van der Waals surface area contributed by atoms with Crippen LogP contribution in [0.15, 0.2) is 16.5 Å². The molecule has 176 valence electrons. The van der Waals surface area contributed by atoms with Crippen molar-refractivity contribution in [3.05, 3.63) is 35.0 Å². The number of benzene rings is 1. The first-order valence-electron chi connectivity index (χ1n) is 11.3. The number of anilines is 1. The van der Waals surface area contributed by atoms with Gasteiger partial charge in [0.15, 0.2) is 5.89 Å². The summed E-state index contributed by atoms with van der Waals surface area (Å²) in [6.45, 7) is 7.47. The number of carbonyl (C=O) groups is 2. The molecule has 0 unspecified atom stereocenters. The van der Waals surface area contributed by atoms with E-state index in [1.54, 1.807) is 19.1 Å². The van der Waals surface area contributed by atoms with Crippen molar-refractivity contribution in [3.8, 4) is 5.75 Å². The van der Waals surface area contributed by atoms with Crippen molar-refractivity contribution in [2.75, 3.05) is 18.5 Å². The number of ether oxygens (including phenoxy) is 2. The number of nitrogens with two attached hydrogens (primary N) is 1. The Morgan fingerprint density at radius 1 is 1.24 bits per heavy atom. The molecule has 10 nitrogen and oxygen atoms in total. The third kappa shape index (κ3) is 4.70. The van der Waals surface area contributed by atoms with E-state index in [-0.39, 0.29) is 11.9 Å². The number of primary amides is 1. The molecule has 10 heteroatoms. The normalized spacial score (nSPS) is 14.5. The van der Waals surface area contributed by atoms with Gasteiger partial charge in [-0.2, -0.15) is 0 Å². The Balaban J connectivity index is 1.77. The van der Waals surface area contributed by atoms with Crippen molar-refractivity contribution >= 4 is 28.8 Å². The summed E-state index contributed by atoms with van der Waals surface area (Å²) >= 11 is 0. The standard InChI is InChI=1S/C23H29N5O5/c1-4-8-28-19-17(26-23(28)27-22(30)20-16(5-2)25-13(3)32-20)11-14(21(24)29)12-18(19)33-15-6-9-31-10-7-15/h11-12,15H,4-10H2,1-3H3,(H2,24,29)(H,26,27,30). The van der Waals surface area contributed by atoms with Crippen molar-refractivity contribution < 1.29 is 23.5 Å². The molecule has 33 heavy (non-hydrogen) atoms. The first kappa shape index (κ1) is 22.8. The van der Waals surface area contributed by atoms with Gasteiger partial charge in [-0.1, -0.05) is 13.8 Å². The molecule has 1 saturated heterocycles. The molecule has 4 rings (SSSR count). The molecule has 1 aliphatic rings. The van der Waals surface area contributed by atoms with Gasteiger partial charge in [-0.05, 0) is 25.0 Å². The van der Waals surface area contributed by atoms with Crippen LogP contribution in [0, 0.1) is 6.92 Å². The predicted octanol–water partition coefficient (Wildman–Crippen LogP) is 3.21. The van der Waals surface area contributed by atoms with E-state index in [0.29, 0.717) is 66.1 Å². The number of amides is 2. The number of carbonyl (C=O) groups excluding carboxylic acids is 2. The second kappa shape index (κ2) is 9.62. The summed E-state index contributed by atoms with van der Waals surface area (Å²) < 4.78 is 19.1. The summed E-state index contributed by atoms with van der Waals surface area (Å²) in [5.41, 5.74) is 7.66. The number of aryl methyl sites for hydroxylation is 3. The van der Waals surface area contributed by atoms with Gasteiger partial charge in [-0.3, -0.25) is 14.9 Å². The average Bonchev–Trinajstić information content (AvgIpc) is 3.34. The lowest BCUT2D eigenvalue weighted by Crippen LogP contribution is -2.26. The Bertz CT molecular complexity index is 1180. The van der Waals surface area contributed by atoms with Gasteiger partial charge in [0.2, 0.25) is 17.6 Å². The zero-order valence-corrected chi connectivity index (χ0v) is 19.1. The third-order valence-corrected chi connectivity index (χ3v) is 5.57. The Hall–Kier alpha value is -3.40. The molecule has 0 aliphatic carbocycles. The Labute approximate surface area is 191 Å². The van der Waals surface area contributed by atoms with Crippen molar-refractivity contribution in [3.63, 3.8) is 0 Å². The van der Waals surface area contributed by atoms with Crippen LogP contribution < -0.4 is 15.8 Å². The number of aromatic nitrogens is 3. The molecule has 0 radical (unpaired) electrons. The van der Waals surface area contributed by atoms with E-state index in [0.717, 1.165) is 19.3 Å². The number of rotatable bonds is 8. The molecule has 1 aromatic carbocycles. The van der Waals surface area contributed by atoms with E-state index in [2.05, 4.69) is 15.3 Å². The fourth-order valence-electron chi connectivity index (χ4n) is 4.02. The Kier molecular flexibility index (Phi) is 6.64. The highest BCUT2D eigenvalue weighted by Gasteiger charge is 2.24. The minimum atomic E-state index is -0.575. The second-order valence-electron chi connectivity index (χ2n) is 8.04. The van der Waals surface area contributed by atoms with Gasteiger partial charge < -0.3 is 24.2 Å².